The number of halogens is 1. The second-order valence-electron chi connectivity index (χ2n) is 7.52. The number of anilines is 2. The van der Waals surface area contributed by atoms with Gasteiger partial charge in [0.05, 0.1) is 0 Å². The number of hydrogen-bond acceptors (Lipinski definition) is 2. The number of carbonyl (C=O) groups excluding carboxylic acids is 2. The fraction of sp³-hybridized carbons (Fsp3) is 0.0714. The highest BCUT2D eigenvalue weighted by molar-refractivity contribution is 6.31. The molecular formula is C28H25ClN2O2. The highest BCUT2D eigenvalue weighted by Gasteiger charge is 2.06. The lowest BCUT2D eigenvalue weighted by atomic mass is 10.2. The third-order valence-corrected chi connectivity index (χ3v) is 4.98. The van der Waals surface area contributed by atoms with Gasteiger partial charge in [-0.3, -0.25) is 9.59 Å². The molecule has 2 N–H and O–H groups in total. The Kier molecular flexibility index (Phi) is 8.39. The van der Waals surface area contributed by atoms with Gasteiger partial charge in [0.2, 0.25) is 0 Å². The van der Waals surface area contributed by atoms with Gasteiger partial charge in [-0.05, 0) is 68.4 Å². The Hall–Kier alpha value is -3.89. The van der Waals surface area contributed by atoms with Gasteiger partial charge in [0.1, 0.15) is 0 Å². The van der Waals surface area contributed by atoms with Gasteiger partial charge in [0.25, 0.3) is 11.8 Å². The lowest BCUT2D eigenvalue weighted by Gasteiger charge is -2.05. The molecular weight excluding hydrogens is 432 g/mol. The molecule has 0 atom stereocenters. The van der Waals surface area contributed by atoms with Gasteiger partial charge < -0.3 is 10.6 Å². The van der Waals surface area contributed by atoms with Crippen LogP contribution >= 0.6 is 11.6 Å². The quantitative estimate of drug-likeness (QED) is 0.342. The van der Waals surface area contributed by atoms with Gasteiger partial charge >= 0.3 is 0 Å². The number of nitrogens with one attached hydrogen (secondary N) is 2. The zero-order valence-corrected chi connectivity index (χ0v) is 19.3. The van der Waals surface area contributed by atoms with Crippen LogP contribution in [0.3, 0.4) is 0 Å². The van der Waals surface area contributed by atoms with E-state index in [1.165, 1.54) is 5.56 Å². The van der Waals surface area contributed by atoms with Crippen molar-refractivity contribution in [3.63, 3.8) is 0 Å². The molecule has 4 aromatic carbocycles. The van der Waals surface area contributed by atoms with E-state index < -0.39 is 0 Å². The standard InChI is InChI=1S/C14H12ClNO.C14H13NO/c1-10-5-7-13(8-6-10)16-14(17)11-3-2-4-12(15)9-11;1-11-7-9-13(10-8-11)15-14(16)12-5-3-2-4-6-12/h2-9H,1H3,(H,16,17);2-10H,1H3,(H,15,16). The summed E-state index contributed by atoms with van der Waals surface area (Å²) in [7, 11) is 0. The summed E-state index contributed by atoms with van der Waals surface area (Å²) in [6, 6.07) is 31.4. The zero-order chi connectivity index (χ0) is 23.6. The third-order valence-electron chi connectivity index (χ3n) is 4.74. The smallest absolute Gasteiger partial charge is 0.255 e. The van der Waals surface area contributed by atoms with Crippen LogP contribution in [0.15, 0.2) is 103 Å². The third kappa shape index (κ3) is 7.63. The molecule has 166 valence electrons. The first-order valence-corrected chi connectivity index (χ1v) is 10.8. The van der Waals surface area contributed by atoms with Crippen molar-refractivity contribution in [2.45, 2.75) is 13.8 Å². The minimum absolute atomic E-state index is 0.0792. The van der Waals surface area contributed by atoms with Crippen LogP contribution in [0.25, 0.3) is 0 Å². The Morgan fingerprint density at radius 1 is 0.576 bits per heavy atom. The molecule has 5 heteroatoms. The molecule has 0 aliphatic heterocycles. The first-order valence-electron chi connectivity index (χ1n) is 10.5. The Balaban J connectivity index is 0.000000186. The maximum Gasteiger partial charge on any atom is 0.255 e. The van der Waals surface area contributed by atoms with Crippen molar-refractivity contribution in [2.24, 2.45) is 0 Å². The van der Waals surface area contributed by atoms with E-state index in [1.54, 1.807) is 36.4 Å². The summed E-state index contributed by atoms with van der Waals surface area (Å²) < 4.78 is 0. The van der Waals surface area contributed by atoms with E-state index in [0.717, 1.165) is 16.9 Å². The molecule has 0 aliphatic carbocycles. The van der Waals surface area contributed by atoms with Gasteiger partial charge in [-0.25, -0.2) is 0 Å². The molecule has 0 saturated carbocycles. The second kappa shape index (κ2) is 11.7. The molecule has 4 aromatic rings. The van der Waals surface area contributed by atoms with Gasteiger partial charge in [0.15, 0.2) is 0 Å². The summed E-state index contributed by atoms with van der Waals surface area (Å²) >= 11 is 5.83. The van der Waals surface area contributed by atoms with E-state index in [-0.39, 0.29) is 11.8 Å². The summed E-state index contributed by atoms with van der Waals surface area (Å²) in [5.41, 5.74) is 5.16. The molecule has 0 aliphatic rings. The summed E-state index contributed by atoms with van der Waals surface area (Å²) in [5.74, 6) is -0.235. The van der Waals surface area contributed by atoms with Gasteiger partial charge in [-0.15, -0.1) is 0 Å². The van der Waals surface area contributed by atoms with Crippen LogP contribution in [0.2, 0.25) is 5.02 Å². The average molecular weight is 457 g/mol. The number of carbonyl (C=O) groups is 2. The topological polar surface area (TPSA) is 58.2 Å². The molecule has 0 unspecified atom stereocenters. The molecule has 0 bridgehead atoms. The second-order valence-corrected chi connectivity index (χ2v) is 7.95. The molecule has 0 aromatic heterocycles. The Bertz CT molecular complexity index is 1200. The van der Waals surface area contributed by atoms with Crippen molar-refractivity contribution in [3.8, 4) is 0 Å². The van der Waals surface area contributed by atoms with Crippen LogP contribution in [0.5, 0.6) is 0 Å². The normalized spacial score (nSPS) is 9.91. The van der Waals surface area contributed by atoms with Crippen molar-refractivity contribution in [1.82, 2.24) is 0 Å². The molecule has 4 rings (SSSR count). The van der Waals surface area contributed by atoms with Crippen LogP contribution in [0, 0.1) is 13.8 Å². The molecule has 0 fully saturated rings. The van der Waals surface area contributed by atoms with Crippen LogP contribution in [0.1, 0.15) is 31.8 Å². The maximum atomic E-state index is 11.9. The van der Waals surface area contributed by atoms with Crippen LogP contribution in [0.4, 0.5) is 11.4 Å². The van der Waals surface area contributed by atoms with Crippen molar-refractivity contribution >= 4 is 34.8 Å². The van der Waals surface area contributed by atoms with E-state index in [0.29, 0.717) is 16.1 Å². The Labute approximate surface area is 199 Å². The fourth-order valence-corrected chi connectivity index (χ4v) is 3.09. The molecule has 4 nitrogen and oxygen atoms in total. The molecule has 0 radical (unpaired) electrons. The Morgan fingerprint density at radius 3 is 1.52 bits per heavy atom. The van der Waals surface area contributed by atoms with Crippen molar-refractivity contribution in [3.05, 3.63) is 130 Å². The summed E-state index contributed by atoms with van der Waals surface area (Å²) in [4.78, 5) is 23.7. The lowest BCUT2D eigenvalue weighted by molar-refractivity contribution is 0.101. The largest absolute Gasteiger partial charge is 0.322 e. The van der Waals surface area contributed by atoms with Crippen LogP contribution in [-0.2, 0) is 0 Å². The number of benzene rings is 4. The van der Waals surface area contributed by atoms with Gasteiger partial charge in [-0.1, -0.05) is 71.3 Å². The zero-order valence-electron chi connectivity index (χ0n) is 18.5. The highest BCUT2D eigenvalue weighted by atomic mass is 35.5. The number of hydrogen-bond donors (Lipinski definition) is 2. The molecule has 0 spiro atoms. The number of amides is 2. The van der Waals surface area contributed by atoms with E-state index in [2.05, 4.69) is 10.6 Å². The first-order chi connectivity index (χ1) is 15.9. The Morgan fingerprint density at radius 2 is 1.03 bits per heavy atom. The number of rotatable bonds is 4. The predicted molar refractivity (Wildman–Crippen MR) is 136 cm³/mol. The minimum atomic E-state index is -0.156. The van der Waals surface area contributed by atoms with E-state index in [9.17, 15) is 9.59 Å². The van der Waals surface area contributed by atoms with Crippen molar-refractivity contribution in [1.29, 1.82) is 0 Å². The summed E-state index contributed by atoms with van der Waals surface area (Å²) in [5, 5.41) is 6.22. The van der Waals surface area contributed by atoms with Crippen molar-refractivity contribution < 1.29 is 9.59 Å². The molecule has 33 heavy (non-hydrogen) atoms. The van der Waals surface area contributed by atoms with E-state index >= 15 is 0 Å². The molecule has 2 amide bonds. The van der Waals surface area contributed by atoms with E-state index in [1.807, 2.05) is 80.6 Å². The van der Waals surface area contributed by atoms with Crippen molar-refractivity contribution in [2.75, 3.05) is 10.6 Å². The predicted octanol–water partition coefficient (Wildman–Crippen LogP) is 7.15. The fourth-order valence-electron chi connectivity index (χ4n) is 2.90. The monoisotopic (exact) mass is 456 g/mol. The number of aryl methyl sites for hydroxylation is 2. The first kappa shape index (κ1) is 23.8. The summed E-state index contributed by atoms with van der Waals surface area (Å²) in [6.45, 7) is 4.02. The molecule has 0 heterocycles. The van der Waals surface area contributed by atoms with Crippen LogP contribution in [-0.4, -0.2) is 11.8 Å². The molecule has 0 saturated heterocycles. The average Bonchev–Trinajstić information content (AvgIpc) is 2.83. The summed E-state index contributed by atoms with van der Waals surface area (Å²) in [6.07, 6.45) is 0. The van der Waals surface area contributed by atoms with Gasteiger partial charge in [-0.2, -0.15) is 0 Å². The van der Waals surface area contributed by atoms with Crippen LogP contribution < -0.4 is 10.6 Å². The lowest BCUT2D eigenvalue weighted by Crippen LogP contribution is -2.11. The van der Waals surface area contributed by atoms with Gasteiger partial charge in [0, 0.05) is 27.5 Å². The SMILES string of the molecule is Cc1ccc(NC(=O)c2cccc(Cl)c2)cc1.Cc1ccc(NC(=O)c2ccccc2)cc1. The van der Waals surface area contributed by atoms with E-state index in [4.69, 9.17) is 11.6 Å². The maximum absolute atomic E-state index is 11.9. The highest BCUT2D eigenvalue weighted by Crippen LogP contribution is 2.14. The minimum Gasteiger partial charge on any atom is -0.322 e.